The maximum Gasteiger partial charge on any atom is 0.309 e. The number of rotatable bonds is 5. The van der Waals surface area contributed by atoms with Gasteiger partial charge < -0.3 is 19.3 Å². The Morgan fingerprint density at radius 3 is 2.53 bits per heavy atom. The number of hydrogen-bond acceptors (Lipinski definition) is 7. The average molecular weight is 430 g/mol. The SMILES string of the molecule is CCOC(=O)C1CCN(C(=O)c2cc(-c3ccncc3)c(N3CCOCC3)s2)CC1. The number of thiophene rings is 1. The molecule has 8 heteroatoms. The number of likely N-dealkylation sites (tertiary alicyclic amines) is 1. The Morgan fingerprint density at radius 1 is 1.17 bits per heavy atom. The Bertz CT molecular complexity index is 872. The maximum atomic E-state index is 13.2. The van der Waals surface area contributed by atoms with Gasteiger partial charge in [-0.3, -0.25) is 14.6 Å². The first kappa shape index (κ1) is 20.8. The summed E-state index contributed by atoms with van der Waals surface area (Å²) in [6, 6.07) is 5.96. The fraction of sp³-hybridized carbons (Fsp3) is 0.500. The molecule has 0 aliphatic carbocycles. The number of carbonyl (C=O) groups is 2. The van der Waals surface area contributed by atoms with Crippen molar-refractivity contribution in [2.24, 2.45) is 5.92 Å². The van der Waals surface area contributed by atoms with Crippen molar-refractivity contribution in [2.75, 3.05) is 50.9 Å². The number of esters is 1. The van der Waals surface area contributed by atoms with Gasteiger partial charge in [0.1, 0.15) is 0 Å². The van der Waals surface area contributed by atoms with Crippen LogP contribution in [-0.2, 0) is 14.3 Å². The molecule has 7 nitrogen and oxygen atoms in total. The standard InChI is InChI=1S/C22H27N3O4S/c1-2-29-22(27)17-5-9-24(10-6-17)20(26)19-15-18(16-3-7-23-8-4-16)21(30-19)25-11-13-28-14-12-25/h3-4,7-8,15,17H,2,5-6,9-14H2,1H3. The summed E-state index contributed by atoms with van der Waals surface area (Å²) >= 11 is 1.54. The molecule has 2 fully saturated rings. The molecule has 2 aromatic heterocycles. The molecule has 0 atom stereocenters. The number of amides is 1. The van der Waals surface area contributed by atoms with Crippen molar-refractivity contribution in [2.45, 2.75) is 19.8 Å². The van der Waals surface area contributed by atoms with Crippen LogP contribution in [0.3, 0.4) is 0 Å². The van der Waals surface area contributed by atoms with E-state index in [0.29, 0.717) is 45.8 Å². The summed E-state index contributed by atoms with van der Waals surface area (Å²) in [4.78, 5) is 34.2. The summed E-state index contributed by atoms with van der Waals surface area (Å²) in [5.41, 5.74) is 2.12. The molecule has 2 aliphatic rings. The van der Waals surface area contributed by atoms with Crippen LogP contribution in [0.5, 0.6) is 0 Å². The first-order valence-corrected chi connectivity index (χ1v) is 11.3. The molecule has 160 valence electrons. The monoisotopic (exact) mass is 429 g/mol. The van der Waals surface area contributed by atoms with Crippen LogP contribution in [0.15, 0.2) is 30.6 Å². The summed E-state index contributed by atoms with van der Waals surface area (Å²) < 4.78 is 10.6. The quantitative estimate of drug-likeness (QED) is 0.681. The number of ether oxygens (including phenoxy) is 2. The molecular weight excluding hydrogens is 402 g/mol. The van der Waals surface area contributed by atoms with Crippen LogP contribution >= 0.6 is 11.3 Å². The molecule has 0 bridgehead atoms. The van der Waals surface area contributed by atoms with Crippen LogP contribution in [0.4, 0.5) is 5.00 Å². The van der Waals surface area contributed by atoms with E-state index >= 15 is 0 Å². The molecule has 2 aromatic rings. The highest BCUT2D eigenvalue weighted by Crippen LogP contribution is 2.40. The van der Waals surface area contributed by atoms with E-state index in [9.17, 15) is 9.59 Å². The average Bonchev–Trinajstić information content (AvgIpc) is 3.25. The van der Waals surface area contributed by atoms with E-state index in [2.05, 4.69) is 9.88 Å². The number of nitrogens with zero attached hydrogens (tertiary/aromatic N) is 3. The molecular formula is C22H27N3O4S. The van der Waals surface area contributed by atoms with E-state index in [0.717, 1.165) is 34.1 Å². The highest BCUT2D eigenvalue weighted by molar-refractivity contribution is 7.18. The lowest BCUT2D eigenvalue weighted by Gasteiger charge is -2.30. The summed E-state index contributed by atoms with van der Waals surface area (Å²) in [5, 5.41) is 1.11. The van der Waals surface area contributed by atoms with E-state index in [4.69, 9.17) is 9.47 Å². The molecule has 0 saturated carbocycles. The van der Waals surface area contributed by atoms with E-state index in [1.807, 2.05) is 30.0 Å². The molecule has 4 heterocycles. The lowest BCUT2D eigenvalue weighted by molar-refractivity contribution is -0.149. The van der Waals surface area contributed by atoms with E-state index in [-0.39, 0.29) is 17.8 Å². The number of carbonyl (C=O) groups excluding carboxylic acids is 2. The normalized spacial score (nSPS) is 17.8. The second-order valence-corrected chi connectivity index (χ2v) is 8.51. The smallest absolute Gasteiger partial charge is 0.309 e. The first-order valence-electron chi connectivity index (χ1n) is 10.5. The van der Waals surface area contributed by atoms with Gasteiger partial charge in [0.25, 0.3) is 5.91 Å². The Hall–Kier alpha value is -2.45. The summed E-state index contributed by atoms with van der Waals surface area (Å²) in [6.07, 6.45) is 4.86. The molecule has 0 aromatic carbocycles. The molecule has 0 unspecified atom stereocenters. The van der Waals surface area contributed by atoms with Crippen LogP contribution in [0, 0.1) is 5.92 Å². The Balaban J connectivity index is 1.53. The molecule has 0 N–H and O–H groups in total. The summed E-state index contributed by atoms with van der Waals surface area (Å²) in [6.45, 7) is 6.40. The van der Waals surface area contributed by atoms with Crippen molar-refractivity contribution in [1.29, 1.82) is 0 Å². The largest absolute Gasteiger partial charge is 0.466 e. The Morgan fingerprint density at radius 2 is 1.87 bits per heavy atom. The van der Waals surface area contributed by atoms with Gasteiger partial charge in [-0.2, -0.15) is 0 Å². The minimum Gasteiger partial charge on any atom is -0.466 e. The van der Waals surface area contributed by atoms with Gasteiger partial charge in [0, 0.05) is 44.1 Å². The Kier molecular flexibility index (Phi) is 6.64. The van der Waals surface area contributed by atoms with Crippen LogP contribution in [0.2, 0.25) is 0 Å². The zero-order chi connectivity index (χ0) is 20.9. The van der Waals surface area contributed by atoms with Gasteiger partial charge in [0.05, 0.1) is 35.6 Å². The highest BCUT2D eigenvalue weighted by atomic mass is 32.1. The van der Waals surface area contributed by atoms with E-state index < -0.39 is 0 Å². The van der Waals surface area contributed by atoms with Crippen molar-refractivity contribution in [3.63, 3.8) is 0 Å². The highest BCUT2D eigenvalue weighted by Gasteiger charge is 2.30. The molecule has 0 radical (unpaired) electrons. The zero-order valence-electron chi connectivity index (χ0n) is 17.2. The van der Waals surface area contributed by atoms with Gasteiger partial charge in [-0.15, -0.1) is 11.3 Å². The minimum atomic E-state index is -0.143. The fourth-order valence-electron chi connectivity index (χ4n) is 3.96. The number of aromatic nitrogens is 1. The zero-order valence-corrected chi connectivity index (χ0v) is 18.0. The summed E-state index contributed by atoms with van der Waals surface area (Å²) in [5.74, 6) is -0.207. The molecule has 2 aliphatic heterocycles. The lowest BCUT2D eigenvalue weighted by Crippen LogP contribution is -2.40. The van der Waals surface area contributed by atoms with E-state index in [1.165, 1.54) is 0 Å². The van der Waals surface area contributed by atoms with Crippen molar-refractivity contribution in [1.82, 2.24) is 9.88 Å². The van der Waals surface area contributed by atoms with Gasteiger partial charge in [0.2, 0.25) is 0 Å². The molecule has 1 amide bonds. The van der Waals surface area contributed by atoms with Gasteiger partial charge in [0.15, 0.2) is 0 Å². The van der Waals surface area contributed by atoms with Crippen molar-refractivity contribution >= 4 is 28.2 Å². The van der Waals surface area contributed by atoms with Crippen molar-refractivity contribution in [3.8, 4) is 11.1 Å². The topological polar surface area (TPSA) is 72.0 Å². The van der Waals surface area contributed by atoms with Gasteiger partial charge in [-0.1, -0.05) is 0 Å². The van der Waals surface area contributed by atoms with Crippen LogP contribution < -0.4 is 4.90 Å². The lowest BCUT2D eigenvalue weighted by atomic mass is 9.97. The third-order valence-electron chi connectivity index (χ3n) is 5.61. The molecule has 30 heavy (non-hydrogen) atoms. The molecule has 2 saturated heterocycles. The number of anilines is 1. The second-order valence-electron chi connectivity index (χ2n) is 7.48. The van der Waals surface area contributed by atoms with Crippen molar-refractivity contribution < 1.29 is 19.1 Å². The van der Waals surface area contributed by atoms with Gasteiger partial charge in [-0.05, 0) is 43.5 Å². The van der Waals surface area contributed by atoms with Gasteiger partial charge >= 0.3 is 5.97 Å². The number of morpholine rings is 1. The van der Waals surface area contributed by atoms with Crippen LogP contribution in [-0.4, -0.2) is 67.8 Å². The second kappa shape index (κ2) is 9.57. The van der Waals surface area contributed by atoms with Gasteiger partial charge in [-0.25, -0.2) is 0 Å². The first-order chi connectivity index (χ1) is 14.7. The third kappa shape index (κ3) is 4.49. The van der Waals surface area contributed by atoms with Crippen LogP contribution in [0.25, 0.3) is 11.1 Å². The fourth-order valence-corrected chi connectivity index (χ4v) is 5.16. The third-order valence-corrected chi connectivity index (χ3v) is 6.80. The molecule has 0 spiro atoms. The van der Waals surface area contributed by atoms with E-state index in [1.54, 1.807) is 23.7 Å². The number of hydrogen-bond donors (Lipinski definition) is 0. The predicted octanol–water partition coefficient (Wildman–Crippen LogP) is 3.06. The van der Waals surface area contributed by atoms with Crippen LogP contribution in [0.1, 0.15) is 29.4 Å². The maximum absolute atomic E-state index is 13.2. The predicted molar refractivity (Wildman–Crippen MR) is 116 cm³/mol. The number of piperidine rings is 1. The number of pyridine rings is 1. The minimum absolute atomic E-state index is 0.0390. The molecule has 4 rings (SSSR count). The summed E-state index contributed by atoms with van der Waals surface area (Å²) in [7, 11) is 0. The Labute approximate surface area is 180 Å². The van der Waals surface area contributed by atoms with Crippen molar-refractivity contribution in [3.05, 3.63) is 35.5 Å².